The fraction of sp³-hybridized carbons (Fsp3) is 0.625. The molecule has 114 valence electrons. The summed E-state index contributed by atoms with van der Waals surface area (Å²) in [5.41, 5.74) is 3.64. The second kappa shape index (κ2) is 6.42. The van der Waals surface area contributed by atoms with Gasteiger partial charge in [0.05, 0.1) is 0 Å². The Kier molecular flexibility index (Phi) is 5.81. The van der Waals surface area contributed by atoms with Crippen molar-refractivity contribution in [3.05, 3.63) is 28.8 Å². The Balaban J connectivity index is 3.63. The number of benzene rings is 1. The standard InChI is InChI=1S/C16H25Cl2OP/c1-8-11-9-12(15(2,3)4)14(19-20(17)18)13(10-11)16(5,6)7/h9-10H,8H2,1-7H3. The smallest absolute Gasteiger partial charge is 0.284 e. The van der Waals surface area contributed by atoms with E-state index >= 15 is 0 Å². The first kappa shape index (κ1) is 18.1. The molecule has 0 radical (unpaired) electrons. The van der Waals surface area contributed by atoms with E-state index in [1.807, 2.05) is 0 Å². The quantitative estimate of drug-likeness (QED) is 0.544. The molecule has 0 saturated heterocycles. The van der Waals surface area contributed by atoms with Crippen molar-refractivity contribution in [2.75, 3.05) is 0 Å². The molecule has 1 aromatic rings. The summed E-state index contributed by atoms with van der Waals surface area (Å²) in [6.45, 7) is 13.8. The Morgan fingerprint density at radius 1 is 0.950 bits per heavy atom. The third kappa shape index (κ3) is 4.52. The molecule has 0 spiro atoms. The van der Waals surface area contributed by atoms with Gasteiger partial charge >= 0.3 is 0 Å². The highest BCUT2D eigenvalue weighted by atomic mass is 35.9. The maximum absolute atomic E-state index is 5.94. The Morgan fingerprint density at radius 3 is 1.60 bits per heavy atom. The molecular weight excluding hydrogens is 310 g/mol. The van der Waals surface area contributed by atoms with Crippen molar-refractivity contribution in [1.29, 1.82) is 0 Å². The molecule has 0 unspecified atom stereocenters. The van der Waals surface area contributed by atoms with Gasteiger partial charge in [-0.1, -0.05) is 60.6 Å². The van der Waals surface area contributed by atoms with Crippen molar-refractivity contribution in [3.8, 4) is 5.75 Å². The summed E-state index contributed by atoms with van der Waals surface area (Å²) < 4.78 is 5.82. The van der Waals surface area contributed by atoms with Gasteiger partial charge in [-0.2, -0.15) is 0 Å². The van der Waals surface area contributed by atoms with Crippen LogP contribution in [0.5, 0.6) is 5.75 Å². The summed E-state index contributed by atoms with van der Waals surface area (Å²) >= 11 is 11.9. The molecular formula is C16H25Cl2OP. The molecule has 0 saturated carbocycles. The summed E-state index contributed by atoms with van der Waals surface area (Å²) in [5.74, 6) is 0.860. The Labute approximate surface area is 134 Å². The number of aryl methyl sites for hydroxylation is 1. The van der Waals surface area contributed by atoms with Crippen molar-refractivity contribution >= 4 is 29.3 Å². The van der Waals surface area contributed by atoms with E-state index < -0.39 is 6.85 Å². The first-order valence-corrected chi connectivity index (χ1v) is 10.0. The third-order valence-corrected chi connectivity index (χ3v) is 4.07. The Morgan fingerprint density at radius 2 is 1.35 bits per heavy atom. The average Bonchev–Trinajstić information content (AvgIpc) is 2.25. The van der Waals surface area contributed by atoms with Gasteiger partial charge in [0.1, 0.15) is 5.75 Å². The molecule has 20 heavy (non-hydrogen) atoms. The van der Waals surface area contributed by atoms with Gasteiger partial charge in [-0.15, -0.1) is 0 Å². The molecule has 0 aromatic heterocycles. The predicted octanol–water partition coefficient (Wildman–Crippen LogP) is 6.93. The van der Waals surface area contributed by atoms with Crippen molar-refractivity contribution in [3.63, 3.8) is 0 Å². The minimum atomic E-state index is -1.47. The van der Waals surface area contributed by atoms with Gasteiger partial charge in [-0.25, -0.2) is 0 Å². The fourth-order valence-corrected chi connectivity index (χ4v) is 2.92. The van der Waals surface area contributed by atoms with E-state index in [1.165, 1.54) is 16.7 Å². The van der Waals surface area contributed by atoms with Crippen LogP contribution in [0.1, 0.15) is 65.2 Å². The van der Waals surface area contributed by atoms with E-state index in [0.29, 0.717) is 0 Å². The monoisotopic (exact) mass is 334 g/mol. The summed E-state index contributed by atoms with van der Waals surface area (Å²) in [6, 6.07) is 4.44. The van der Waals surface area contributed by atoms with Crippen LogP contribution in [0.25, 0.3) is 0 Å². The number of hydrogen-bond acceptors (Lipinski definition) is 1. The zero-order valence-electron chi connectivity index (χ0n) is 13.5. The molecule has 1 aromatic carbocycles. The second-order valence-corrected chi connectivity index (χ2v) is 10.1. The van der Waals surface area contributed by atoms with Gasteiger partial charge in [-0.05, 0) is 45.3 Å². The van der Waals surface area contributed by atoms with Crippen LogP contribution in [0, 0.1) is 0 Å². The van der Waals surface area contributed by atoms with Gasteiger partial charge in [0, 0.05) is 11.1 Å². The first-order valence-electron chi connectivity index (χ1n) is 6.94. The van der Waals surface area contributed by atoms with Gasteiger partial charge in [0.15, 0.2) is 0 Å². The number of hydrogen-bond donors (Lipinski definition) is 0. The molecule has 0 aliphatic rings. The van der Waals surface area contributed by atoms with E-state index in [4.69, 9.17) is 27.0 Å². The summed E-state index contributed by atoms with van der Waals surface area (Å²) in [7, 11) is 0. The van der Waals surface area contributed by atoms with Gasteiger partial charge < -0.3 is 4.52 Å². The molecule has 0 bridgehead atoms. The van der Waals surface area contributed by atoms with Crippen molar-refractivity contribution in [2.24, 2.45) is 0 Å². The zero-order valence-corrected chi connectivity index (χ0v) is 15.9. The average molecular weight is 335 g/mol. The van der Waals surface area contributed by atoms with E-state index in [1.54, 1.807) is 0 Å². The van der Waals surface area contributed by atoms with Gasteiger partial charge in [0.2, 0.25) is 0 Å². The van der Waals surface area contributed by atoms with Crippen LogP contribution >= 0.6 is 29.3 Å². The van der Waals surface area contributed by atoms with Crippen LogP contribution < -0.4 is 4.52 Å². The lowest BCUT2D eigenvalue weighted by Gasteiger charge is -2.30. The molecule has 1 rings (SSSR count). The van der Waals surface area contributed by atoms with E-state index in [9.17, 15) is 0 Å². The van der Waals surface area contributed by atoms with E-state index in [0.717, 1.165) is 12.2 Å². The molecule has 0 aliphatic carbocycles. The van der Waals surface area contributed by atoms with Gasteiger partial charge in [0.25, 0.3) is 6.85 Å². The van der Waals surface area contributed by atoms with Crippen LogP contribution in [-0.2, 0) is 17.3 Å². The Hall–Kier alpha value is 0.0300. The van der Waals surface area contributed by atoms with Gasteiger partial charge in [-0.3, -0.25) is 0 Å². The molecule has 4 heteroatoms. The topological polar surface area (TPSA) is 9.23 Å². The lowest BCUT2D eigenvalue weighted by atomic mass is 9.78. The molecule has 1 nitrogen and oxygen atoms in total. The summed E-state index contributed by atoms with van der Waals surface area (Å²) in [6.07, 6.45) is 1.00. The predicted molar refractivity (Wildman–Crippen MR) is 92.5 cm³/mol. The molecule has 0 fully saturated rings. The highest BCUT2D eigenvalue weighted by Gasteiger charge is 2.28. The SMILES string of the molecule is CCc1cc(C(C)(C)C)c(OP(Cl)Cl)c(C(C)(C)C)c1. The van der Waals surface area contributed by atoms with Crippen molar-refractivity contribution in [1.82, 2.24) is 0 Å². The highest BCUT2D eigenvalue weighted by Crippen LogP contribution is 2.52. The second-order valence-electron chi connectivity index (χ2n) is 7.17. The summed E-state index contributed by atoms with van der Waals surface area (Å²) in [4.78, 5) is 0. The number of rotatable bonds is 3. The minimum Gasteiger partial charge on any atom is -0.444 e. The highest BCUT2D eigenvalue weighted by molar-refractivity contribution is 8.00. The lowest BCUT2D eigenvalue weighted by Crippen LogP contribution is -2.19. The maximum atomic E-state index is 5.94. The van der Waals surface area contributed by atoms with Crippen LogP contribution in [0.15, 0.2) is 12.1 Å². The van der Waals surface area contributed by atoms with E-state index in [-0.39, 0.29) is 10.8 Å². The Bertz CT molecular complexity index is 435. The lowest BCUT2D eigenvalue weighted by molar-refractivity contribution is 0.507. The first-order chi connectivity index (χ1) is 8.96. The fourth-order valence-electron chi connectivity index (χ4n) is 2.17. The molecule has 0 N–H and O–H groups in total. The van der Waals surface area contributed by atoms with Crippen molar-refractivity contribution < 1.29 is 4.52 Å². The third-order valence-electron chi connectivity index (χ3n) is 3.33. The van der Waals surface area contributed by atoms with Crippen LogP contribution in [0.3, 0.4) is 0 Å². The number of halogens is 2. The normalized spacial score (nSPS) is 12.9. The minimum absolute atomic E-state index is 0.0143. The van der Waals surface area contributed by atoms with E-state index in [2.05, 4.69) is 60.6 Å². The van der Waals surface area contributed by atoms with Crippen LogP contribution in [0.2, 0.25) is 0 Å². The summed E-state index contributed by atoms with van der Waals surface area (Å²) in [5, 5.41) is 0. The molecule has 0 heterocycles. The van der Waals surface area contributed by atoms with Crippen molar-refractivity contribution in [2.45, 2.75) is 65.7 Å². The van der Waals surface area contributed by atoms with Crippen LogP contribution in [-0.4, -0.2) is 0 Å². The maximum Gasteiger partial charge on any atom is 0.284 e. The largest absolute Gasteiger partial charge is 0.444 e. The molecule has 0 atom stereocenters. The van der Waals surface area contributed by atoms with Crippen LogP contribution in [0.4, 0.5) is 0 Å². The zero-order chi connectivity index (χ0) is 15.7. The molecule has 0 amide bonds. The molecule has 0 aliphatic heterocycles.